The van der Waals surface area contributed by atoms with E-state index in [0.29, 0.717) is 12.3 Å². The molecule has 1 fully saturated rings. The fraction of sp³-hybridized carbons (Fsp3) is 0.579. The minimum atomic E-state index is 0.0746. The number of piperidine rings is 1. The number of hydrogen-bond donors (Lipinski definition) is 1. The molecule has 1 aliphatic rings. The van der Waals surface area contributed by atoms with E-state index in [-0.39, 0.29) is 17.9 Å². The molecule has 1 N–H and O–H groups in total. The Balaban J connectivity index is 1.80. The molecule has 26 heavy (non-hydrogen) atoms. The summed E-state index contributed by atoms with van der Waals surface area (Å²) in [6.07, 6.45) is 3.90. The van der Waals surface area contributed by atoms with Gasteiger partial charge in [0.15, 0.2) is 5.76 Å². The van der Waals surface area contributed by atoms with Gasteiger partial charge < -0.3 is 9.84 Å². The zero-order valence-corrected chi connectivity index (χ0v) is 16.0. The zero-order valence-electron chi connectivity index (χ0n) is 16.0. The van der Waals surface area contributed by atoms with Crippen molar-refractivity contribution in [1.29, 1.82) is 0 Å². The lowest BCUT2D eigenvalue weighted by Crippen LogP contribution is -2.43. The van der Waals surface area contributed by atoms with E-state index in [0.717, 1.165) is 48.7 Å². The van der Waals surface area contributed by atoms with Crippen molar-refractivity contribution < 1.29 is 9.32 Å². The second kappa shape index (κ2) is 7.95. The number of aryl methyl sites for hydroxylation is 2. The highest BCUT2D eigenvalue weighted by Gasteiger charge is 2.27. The summed E-state index contributed by atoms with van der Waals surface area (Å²) in [5.41, 5.74) is 2.72. The first kappa shape index (κ1) is 18.5. The number of carbonyl (C=O) groups excluding carboxylic acids is 1. The van der Waals surface area contributed by atoms with Gasteiger partial charge in [-0.25, -0.2) is 9.97 Å². The van der Waals surface area contributed by atoms with E-state index in [1.165, 1.54) is 0 Å². The highest BCUT2D eigenvalue weighted by molar-refractivity contribution is 5.78. The van der Waals surface area contributed by atoms with Crippen molar-refractivity contribution in [3.8, 4) is 11.3 Å². The van der Waals surface area contributed by atoms with E-state index in [2.05, 4.69) is 20.4 Å². The van der Waals surface area contributed by atoms with Crippen molar-refractivity contribution in [1.82, 2.24) is 25.3 Å². The second-order valence-corrected chi connectivity index (χ2v) is 7.35. The first-order valence-corrected chi connectivity index (χ1v) is 9.21. The molecule has 0 aliphatic carbocycles. The van der Waals surface area contributed by atoms with Crippen LogP contribution in [-0.2, 0) is 4.79 Å². The van der Waals surface area contributed by atoms with Crippen LogP contribution < -0.4 is 5.32 Å². The molecule has 0 saturated carbocycles. The number of rotatable bonds is 5. The molecule has 0 bridgehead atoms. The number of nitrogens with zero attached hydrogens (tertiary/aromatic N) is 4. The largest absolute Gasteiger partial charge is 0.356 e. The molecular formula is C19H27N5O2. The molecule has 1 unspecified atom stereocenters. The maximum absolute atomic E-state index is 12.1. The van der Waals surface area contributed by atoms with Crippen molar-refractivity contribution >= 4 is 5.91 Å². The van der Waals surface area contributed by atoms with E-state index < -0.39 is 0 Å². The normalized spacial score (nSPS) is 18.3. The molecule has 2 aromatic rings. The summed E-state index contributed by atoms with van der Waals surface area (Å²) in [4.78, 5) is 23.4. The average Bonchev–Trinajstić information content (AvgIpc) is 3.00. The fourth-order valence-electron chi connectivity index (χ4n) is 3.47. The fourth-order valence-corrected chi connectivity index (χ4v) is 3.47. The van der Waals surface area contributed by atoms with E-state index >= 15 is 0 Å². The Labute approximate surface area is 154 Å². The minimum absolute atomic E-state index is 0.0746. The van der Waals surface area contributed by atoms with Crippen LogP contribution in [0.2, 0.25) is 0 Å². The van der Waals surface area contributed by atoms with Gasteiger partial charge in [0.2, 0.25) is 5.91 Å². The maximum Gasteiger partial charge on any atom is 0.234 e. The zero-order chi connectivity index (χ0) is 18.7. The van der Waals surface area contributed by atoms with Gasteiger partial charge in [0.25, 0.3) is 0 Å². The van der Waals surface area contributed by atoms with Crippen LogP contribution in [0, 0.1) is 13.8 Å². The van der Waals surface area contributed by atoms with Crippen molar-refractivity contribution in [2.75, 3.05) is 19.6 Å². The summed E-state index contributed by atoms with van der Waals surface area (Å²) in [6, 6.07) is 2.07. The summed E-state index contributed by atoms with van der Waals surface area (Å²) in [5, 5.41) is 6.95. The van der Waals surface area contributed by atoms with Crippen molar-refractivity contribution in [2.24, 2.45) is 0 Å². The van der Waals surface area contributed by atoms with Crippen LogP contribution in [0.5, 0.6) is 0 Å². The Morgan fingerprint density at radius 1 is 1.42 bits per heavy atom. The standard InChI is InChI=1S/C19H27N5O2/c1-12(2)21-18(25)11-24-7-5-6-15(10-24)19-16(9-20-14(4)22-19)17-8-13(3)23-26-17/h8-9,12,15H,5-7,10-11H2,1-4H3,(H,21,25). The van der Waals surface area contributed by atoms with Gasteiger partial charge in [0.1, 0.15) is 5.82 Å². The number of carbonyl (C=O) groups is 1. The third-order valence-electron chi connectivity index (χ3n) is 4.54. The predicted octanol–water partition coefficient (Wildman–Crippen LogP) is 2.45. The number of nitrogens with one attached hydrogen (secondary N) is 1. The van der Waals surface area contributed by atoms with Crippen LogP contribution in [0.3, 0.4) is 0 Å². The summed E-state index contributed by atoms with van der Waals surface area (Å²) < 4.78 is 5.45. The third-order valence-corrected chi connectivity index (χ3v) is 4.54. The number of hydrogen-bond acceptors (Lipinski definition) is 6. The van der Waals surface area contributed by atoms with E-state index in [1.54, 1.807) is 0 Å². The molecule has 1 aliphatic heterocycles. The predicted molar refractivity (Wildman–Crippen MR) is 98.7 cm³/mol. The molecule has 3 rings (SSSR count). The molecule has 0 radical (unpaired) electrons. The van der Waals surface area contributed by atoms with Crippen molar-refractivity contribution in [3.05, 3.63) is 29.5 Å². The van der Waals surface area contributed by atoms with Gasteiger partial charge in [-0.3, -0.25) is 9.69 Å². The Hall–Kier alpha value is -2.28. The number of likely N-dealkylation sites (tertiary alicyclic amines) is 1. The van der Waals surface area contributed by atoms with E-state index in [1.807, 2.05) is 40.0 Å². The van der Waals surface area contributed by atoms with Crippen LogP contribution >= 0.6 is 0 Å². The Kier molecular flexibility index (Phi) is 5.66. The molecular weight excluding hydrogens is 330 g/mol. The smallest absolute Gasteiger partial charge is 0.234 e. The van der Waals surface area contributed by atoms with Gasteiger partial charge in [0.05, 0.1) is 23.5 Å². The Bertz CT molecular complexity index is 771. The lowest BCUT2D eigenvalue weighted by atomic mass is 9.91. The SMILES string of the molecule is Cc1cc(-c2cnc(C)nc2C2CCCN(CC(=O)NC(C)C)C2)on1. The molecule has 0 aromatic carbocycles. The lowest BCUT2D eigenvalue weighted by molar-refractivity contribution is -0.123. The first-order valence-electron chi connectivity index (χ1n) is 9.21. The molecule has 2 aromatic heterocycles. The number of amides is 1. The second-order valence-electron chi connectivity index (χ2n) is 7.35. The summed E-state index contributed by atoms with van der Waals surface area (Å²) in [5.74, 6) is 1.77. The quantitative estimate of drug-likeness (QED) is 0.885. The van der Waals surface area contributed by atoms with Gasteiger partial charge >= 0.3 is 0 Å². The van der Waals surface area contributed by atoms with Gasteiger partial charge in [0, 0.05) is 30.8 Å². The molecule has 7 heteroatoms. The number of aromatic nitrogens is 3. The van der Waals surface area contributed by atoms with E-state index in [9.17, 15) is 4.79 Å². The van der Waals surface area contributed by atoms with Crippen LogP contribution in [0.25, 0.3) is 11.3 Å². The highest BCUT2D eigenvalue weighted by Crippen LogP contribution is 2.33. The monoisotopic (exact) mass is 357 g/mol. The molecule has 0 spiro atoms. The molecule has 3 heterocycles. The molecule has 140 valence electrons. The third kappa shape index (κ3) is 4.46. The van der Waals surface area contributed by atoms with E-state index in [4.69, 9.17) is 9.51 Å². The topological polar surface area (TPSA) is 84.2 Å². The Morgan fingerprint density at radius 3 is 2.92 bits per heavy atom. The molecule has 1 amide bonds. The van der Waals surface area contributed by atoms with Crippen molar-refractivity contribution in [2.45, 2.75) is 52.5 Å². The van der Waals surface area contributed by atoms with Crippen LogP contribution in [0.1, 0.15) is 49.8 Å². The Morgan fingerprint density at radius 2 is 2.23 bits per heavy atom. The van der Waals surface area contributed by atoms with Crippen LogP contribution in [0.15, 0.2) is 16.8 Å². The van der Waals surface area contributed by atoms with Gasteiger partial charge in [-0.05, 0) is 47.1 Å². The summed E-state index contributed by atoms with van der Waals surface area (Å²) in [6.45, 7) is 9.92. The van der Waals surface area contributed by atoms with Crippen molar-refractivity contribution in [3.63, 3.8) is 0 Å². The molecule has 7 nitrogen and oxygen atoms in total. The molecule has 1 atom stereocenters. The van der Waals surface area contributed by atoms with Gasteiger partial charge in [-0.1, -0.05) is 5.16 Å². The first-order chi connectivity index (χ1) is 12.4. The lowest BCUT2D eigenvalue weighted by Gasteiger charge is -2.32. The average molecular weight is 357 g/mol. The van der Waals surface area contributed by atoms with Gasteiger partial charge in [-0.15, -0.1) is 0 Å². The minimum Gasteiger partial charge on any atom is -0.356 e. The highest BCUT2D eigenvalue weighted by atomic mass is 16.5. The van der Waals surface area contributed by atoms with Gasteiger partial charge in [-0.2, -0.15) is 0 Å². The maximum atomic E-state index is 12.1. The summed E-state index contributed by atoms with van der Waals surface area (Å²) >= 11 is 0. The summed E-state index contributed by atoms with van der Waals surface area (Å²) in [7, 11) is 0. The molecule has 1 saturated heterocycles. The van der Waals surface area contributed by atoms with Crippen LogP contribution in [-0.4, -0.2) is 51.6 Å². The van der Waals surface area contributed by atoms with Crippen LogP contribution in [0.4, 0.5) is 0 Å².